The Morgan fingerprint density at radius 2 is 1.34 bits per heavy atom. The summed E-state index contributed by atoms with van der Waals surface area (Å²) in [5, 5.41) is 3.44. The van der Waals surface area contributed by atoms with Crippen LogP contribution in [0.25, 0.3) is 22.4 Å². The van der Waals surface area contributed by atoms with E-state index in [0.717, 1.165) is 64.0 Å². The molecule has 0 aliphatic heterocycles. The summed E-state index contributed by atoms with van der Waals surface area (Å²) < 4.78 is 17.2. The Kier molecular flexibility index (Phi) is 8.23. The maximum Gasteiger partial charge on any atom is 0.132 e. The van der Waals surface area contributed by atoms with Gasteiger partial charge in [-0.2, -0.15) is 0 Å². The molecule has 0 spiro atoms. The van der Waals surface area contributed by atoms with E-state index in [4.69, 9.17) is 14.2 Å². The van der Waals surface area contributed by atoms with Gasteiger partial charge in [0.15, 0.2) is 0 Å². The quantitative estimate of drug-likeness (QED) is 0.244. The second-order valence-corrected chi connectivity index (χ2v) is 8.03. The van der Waals surface area contributed by atoms with E-state index in [2.05, 4.69) is 47.6 Å². The predicted molar refractivity (Wildman–Crippen MR) is 143 cm³/mol. The predicted octanol–water partition coefficient (Wildman–Crippen LogP) is 7.75. The zero-order valence-corrected chi connectivity index (χ0v) is 20.6. The molecule has 1 N–H and O–H groups in total. The molecular formula is C30H32N2O3. The Balaban J connectivity index is 1.51. The third-order valence-corrected chi connectivity index (χ3v) is 5.43. The fraction of sp³-hybridized carbons (Fsp3) is 0.233. The van der Waals surface area contributed by atoms with Crippen LogP contribution in [0, 0.1) is 0 Å². The summed E-state index contributed by atoms with van der Waals surface area (Å²) in [4.78, 5) is 4.61. The number of nitrogens with one attached hydrogen (secondary N) is 1. The van der Waals surface area contributed by atoms with E-state index in [0.29, 0.717) is 13.2 Å². The molecule has 5 heteroatoms. The Labute approximate surface area is 207 Å². The number of hydrogen-bond donors (Lipinski definition) is 1. The molecular weight excluding hydrogens is 436 g/mol. The van der Waals surface area contributed by atoms with Gasteiger partial charge in [-0.1, -0.05) is 19.1 Å². The summed E-state index contributed by atoms with van der Waals surface area (Å²) in [6.45, 7) is 7.97. The van der Waals surface area contributed by atoms with Crippen molar-refractivity contribution in [3.8, 4) is 39.6 Å². The molecule has 0 radical (unpaired) electrons. The summed E-state index contributed by atoms with van der Waals surface area (Å²) in [7, 11) is 0. The van der Waals surface area contributed by atoms with E-state index < -0.39 is 0 Å². The maximum atomic E-state index is 5.89. The highest BCUT2D eigenvalue weighted by atomic mass is 16.5. The fourth-order valence-electron chi connectivity index (χ4n) is 3.77. The van der Waals surface area contributed by atoms with Crippen molar-refractivity contribution in [1.29, 1.82) is 0 Å². The molecule has 0 amide bonds. The molecule has 0 atom stereocenters. The van der Waals surface area contributed by atoms with Crippen molar-refractivity contribution in [2.75, 3.05) is 25.1 Å². The Morgan fingerprint density at radius 3 is 2.03 bits per heavy atom. The van der Waals surface area contributed by atoms with Gasteiger partial charge in [0, 0.05) is 29.2 Å². The maximum absolute atomic E-state index is 5.89. The summed E-state index contributed by atoms with van der Waals surface area (Å²) in [5.74, 6) is 2.46. The summed E-state index contributed by atoms with van der Waals surface area (Å²) in [6.07, 6.45) is 2.84. The van der Waals surface area contributed by atoms with Gasteiger partial charge in [-0.25, -0.2) is 0 Å². The van der Waals surface area contributed by atoms with Crippen LogP contribution in [-0.4, -0.2) is 24.8 Å². The van der Waals surface area contributed by atoms with Crippen molar-refractivity contribution in [3.63, 3.8) is 0 Å². The van der Waals surface area contributed by atoms with Gasteiger partial charge < -0.3 is 19.5 Å². The Morgan fingerprint density at radius 1 is 0.657 bits per heavy atom. The molecule has 5 nitrogen and oxygen atoms in total. The van der Waals surface area contributed by atoms with E-state index in [1.54, 1.807) is 0 Å². The average Bonchev–Trinajstić information content (AvgIpc) is 2.89. The van der Waals surface area contributed by atoms with Crippen LogP contribution in [0.15, 0.2) is 85.1 Å². The van der Waals surface area contributed by atoms with Gasteiger partial charge in [-0.3, -0.25) is 4.98 Å². The molecule has 35 heavy (non-hydrogen) atoms. The second-order valence-electron chi connectivity index (χ2n) is 8.03. The summed E-state index contributed by atoms with van der Waals surface area (Å²) in [5.41, 5.74) is 6.06. The normalized spacial score (nSPS) is 10.6. The van der Waals surface area contributed by atoms with Crippen molar-refractivity contribution in [2.24, 2.45) is 0 Å². The van der Waals surface area contributed by atoms with Crippen LogP contribution in [0.1, 0.15) is 27.2 Å². The first-order valence-corrected chi connectivity index (χ1v) is 12.2. The van der Waals surface area contributed by atoms with Crippen LogP contribution in [0.3, 0.4) is 0 Å². The Hall–Kier alpha value is -3.99. The van der Waals surface area contributed by atoms with Gasteiger partial charge >= 0.3 is 0 Å². The minimum absolute atomic E-state index is 0.575. The van der Waals surface area contributed by atoms with Crippen molar-refractivity contribution in [2.45, 2.75) is 27.2 Å². The number of rotatable bonds is 11. The van der Waals surface area contributed by atoms with Crippen molar-refractivity contribution < 1.29 is 14.2 Å². The molecule has 0 aliphatic carbocycles. The number of aromatic nitrogens is 1. The van der Waals surface area contributed by atoms with E-state index in [1.165, 1.54) is 0 Å². The first kappa shape index (κ1) is 24.1. The van der Waals surface area contributed by atoms with Crippen LogP contribution in [0.4, 0.5) is 11.4 Å². The third kappa shape index (κ3) is 6.33. The Bertz CT molecular complexity index is 1220. The molecule has 4 aromatic rings. The molecule has 180 valence electrons. The molecule has 0 bridgehead atoms. The largest absolute Gasteiger partial charge is 0.494 e. The third-order valence-electron chi connectivity index (χ3n) is 5.43. The lowest BCUT2D eigenvalue weighted by atomic mass is 10.0. The number of ether oxygens (including phenoxy) is 3. The number of nitrogens with zero attached hydrogens (tertiary/aromatic N) is 1. The van der Waals surface area contributed by atoms with Crippen molar-refractivity contribution in [1.82, 2.24) is 4.98 Å². The molecule has 1 aromatic heterocycles. The van der Waals surface area contributed by atoms with Crippen LogP contribution in [0.2, 0.25) is 0 Å². The van der Waals surface area contributed by atoms with Crippen LogP contribution in [-0.2, 0) is 0 Å². The lowest BCUT2D eigenvalue weighted by Gasteiger charge is -2.13. The van der Waals surface area contributed by atoms with Gasteiger partial charge in [0.1, 0.15) is 17.2 Å². The number of benzene rings is 3. The lowest BCUT2D eigenvalue weighted by Crippen LogP contribution is -1.98. The van der Waals surface area contributed by atoms with E-state index in [9.17, 15) is 0 Å². The zero-order chi connectivity index (χ0) is 24.5. The molecule has 4 rings (SSSR count). The standard InChI is InChI=1S/C30H32N2O3/c1-4-19-35-26-13-11-25(12-14-26)32-24-9-7-22(8-10-24)23-17-18-31-29(20-23)28-16-15-27(33-5-2)21-30(28)34-6-3/h7-18,20-21,32H,4-6,19H2,1-3H3. The van der Waals surface area contributed by atoms with Crippen LogP contribution in [0.5, 0.6) is 17.2 Å². The van der Waals surface area contributed by atoms with Gasteiger partial charge in [-0.05, 0) is 92.1 Å². The van der Waals surface area contributed by atoms with Crippen LogP contribution < -0.4 is 19.5 Å². The van der Waals surface area contributed by atoms with E-state index in [-0.39, 0.29) is 0 Å². The molecule has 0 saturated heterocycles. The van der Waals surface area contributed by atoms with Gasteiger partial charge in [0.2, 0.25) is 0 Å². The average molecular weight is 469 g/mol. The monoisotopic (exact) mass is 468 g/mol. The summed E-state index contributed by atoms with van der Waals surface area (Å²) >= 11 is 0. The highest BCUT2D eigenvalue weighted by Crippen LogP contribution is 2.34. The minimum atomic E-state index is 0.575. The molecule has 0 fully saturated rings. The van der Waals surface area contributed by atoms with Gasteiger partial charge in [0.05, 0.1) is 25.5 Å². The van der Waals surface area contributed by atoms with E-state index in [1.807, 2.05) is 68.6 Å². The second kappa shape index (κ2) is 11.9. The highest BCUT2D eigenvalue weighted by Gasteiger charge is 2.11. The topological polar surface area (TPSA) is 52.6 Å². The smallest absolute Gasteiger partial charge is 0.132 e. The highest BCUT2D eigenvalue weighted by molar-refractivity contribution is 5.75. The van der Waals surface area contributed by atoms with Gasteiger partial charge in [-0.15, -0.1) is 0 Å². The molecule has 0 unspecified atom stereocenters. The van der Waals surface area contributed by atoms with Crippen LogP contribution >= 0.6 is 0 Å². The van der Waals surface area contributed by atoms with E-state index >= 15 is 0 Å². The fourth-order valence-corrected chi connectivity index (χ4v) is 3.77. The number of hydrogen-bond acceptors (Lipinski definition) is 5. The first-order chi connectivity index (χ1) is 17.2. The van der Waals surface area contributed by atoms with Gasteiger partial charge in [0.25, 0.3) is 0 Å². The number of pyridine rings is 1. The summed E-state index contributed by atoms with van der Waals surface area (Å²) in [6, 6.07) is 26.4. The zero-order valence-electron chi connectivity index (χ0n) is 20.6. The number of anilines is 2. The SMILES string of the molecule is CCCOc1ccc(Nc2ccc(-c3ccnc(-c4ccc(OCC)cc4OCC)c3)cc2)cc1. The molecule has 0 saturated carbocycles. The van der Waals surface area contributed by atoms with Crippen molar-refractivity contribution in [3.05, 3.63) is 85.1 Å². The first-order valence-electron chi connectivity index (χ1n) is 12.2. The van der Waals surface area contributed by atoms with Crippen molar-refractivity contribution >= 4 is 11.4 Å². The molecule has 3 aromatic carbocycles. The molecule has 0 aliphatic rings. The lowest BCUT2D eigenvalue weighted by molar-refractivity contribution is 0.317. The minimum Gasteiger partial charge on any atom is -0.494 e. The molecule has 1 heterocycles.